The number of nitrogens with zero attached hydrogens (tertiary/aromatic N) is 3. The van der Waals surface area contributed by atoms with E-state index >= 15 is 0 Å². The Hall–Kier alpha value is -1.34. The fraction of sp³-hybridized carbons (Fsp3) is 0.533. The Labute approximate surface area is 138 Å². The van der Waals surface area contributed by atoms with Crippen LogP contribution in [0, 0.1) is 11.8 Å². The minimum atomic E-state index is 0.186. The lowest BCUT2D eigenvalue weighted by Gasteiger charge is -2.34. The molecular weight excluding hydrogens is 316 g/mol. The van der Waals surface area contributed by atoms with E-state index in [9.17, 15) is 4.79 Å². The number of aromatic amines is 1. The Morgan fingerprint density at radius 3 is 2.91 bits per heavy atom. The van der Waals surface area contributed by atoms with Gasteiger partial charge in [0, 0.05) is 13.1 Å². The van der Waals surface area contributed by atoms with Gasteiger partial charge >= 0.3 is 0 Å². The van der Waals surface area contributed by atoms with Gasteiger partial charge in [-0.2, -0.15) is 0 Å². The average Bonchev–Trinajstić information content (AvgIpc) is 3.14. The first-order chi connectivity index (χ1) is 10.6. The topological polar surface area (TPSA) is 61.9 Å². The van der Waals surface area contributed by atoms with Crippen LogP contribution in [0.3, 0.4) is 0 Å². The molecule has 5 nitrogen and oxygen atoms in total. The van der Waals surface area contributed by atoms with Crippen molar-refractivity contribution in [3.63, 3.8) is 0 Å². The van der Waals surface area contributed by atoms with Gasteiger partial charge in [-0.05, 0) is 29.7 Å². The van der Waals surface area contributed by atoms with Crippen molar-refractivity contribution in [3.05, 3.63) is 17.5 Å². The zero-order chi connectivity index (χ0) is 15.5. The number of rotatable bonds is 4. The molecule has 2 atom stereocenters. The number of amides is 1. The van der Waals surface area contributed by atoms with Crippen molar-refractivity contribution in [2.75, 3.05) is 18.8 Å². The van der Waals surface area contributed by atoms with Gasteiger partial charge in [-0.1, -0.05) is 31.7 Å². The summed E-state index contributed by atoms with van der Waals surface area (Å²) in [4.78, 5) is 19.8. The highest BCUT2D eigenvalue weighted by atomic mass is 32.2. The molecule has 0 radical (unpaired) electrons. The molecule has 1 aliphatic rings. The Balaban J connectivity index is 1.55. The van der Waals surface area contributed by atoms with E-state index in [1.54, 1.807) is 11.3 Å². The van der Waals surface area contributed by atoms with Gasteiger partial charge in [0.2, 0.25) is 11.1 Å². The normalized spacial score (nSPS) is 22.0. The molecule has 22 heavy (non-hydrogen) atoms. The summed E-state index contributed by atoms with van der Waals surface area (Å²) in [6.45, 7) is 6.17. The summed E-state index contributed by atoms with van der Waals surface area (Å²) in [7, 11) is 0. The van der Waals surface area contributed by atoms with Gasteiger partial charge in [0.05, 0.1) is 10.6 Å². The monoisotopic (exact) mass is 336 g/mol. The van der Waals surface area contributed by atoms with Crippen molar-refractivity contribution in [1.29, 1.82) is 0 Å². The second kappa shape index (κ2) is 6.83. The molecule has 1 amide bonds. The lowest BCUT2D eigenvalue weighted by atomic mass is 9.92. The molecule has 1 aliphatic heterocycles. The number of carbonyl (C=O) groups is 1. The average molecular weight is 336 g/mol. The van der Waals surface area contributed by atoms with Gasteiger partial charge in [0.25, 0.3) is 0 Å². The van der Waals surface area contributed by atoms with Gasteiger partial charge in [-0.25, -0.2) is 4.98 Å². The summed E-state index contributed by atoms with van der Waals surface area (Å²) in [6, 6.07) is 3.98. The number of hydrogen-bond acceptors (Lipinski definition) is 5. The predicted molar refractivity (Wildman–Crippen MR) is 89.9 cm³/mol. The number of thioether (sulfide) groups is 1. The summed E-state index contributed by atoms with van der Waals surface area (Å²) in [5.41, 5.74) is 0. The largest absolute Gasteiger partial charge is 0.341 e. The van der Waals surface area contributed by atoms with Crippen molar-refractivity contribution in [3.8, 4) is 10.7 Å². The van der Waals surface area contributed by atoms with Gasteiger partial charge in [0.1, 0.15) is 0 Å². The van der Waals surface area contributed by atoms with Crippen LogP contribution in [0.4, 0.5) is 0 Å². The van der Waals surface area contributed by atoms with E-state index < -0.39 is 0 Å². The maximum absolute atomic E-state index is 12.3. The maximum Gasteiger partial charge on any atom is 0.233 e. The smallest absolute Gasteiger partial charge is 0.233 e. The second-order valence-electron chi connectivity index (χ2n) is 5.98. The minimum Gasteiger partial charge on any atom is -0.341 e. The number of carbonyl (C=O) groups excluding carboxylic acids is 1. The third kappa shape index (κ3) is 3.70. The number of hydrogen-bond donors (Lipinski definition) is 1. The number of piperidine rings is 1. The summed E-state index contributed by atoms with van der Waals surface area (Å²) < 4.78 is 0. The first kappa shape index (κ1) is 15.6. The van der Waals surface area contributed by atoms with Crippen LogP contribution in [0.15, 0.2) is 22.7 Å². The summed E-state index contributed by atoms with van der Waals surface area (Å²) in [6.07, 6.45) is 1.21. The first-order valence-corrected chi connectivity index (χ1v) is 9.35. The van der Waals surface area contributed by atoms with Crippen molar-refractivity contribution in [2.24, 2.45) is 11.8 Å². The van der Waals surface area contributed by atoms with Crippen LogP contribution in [0.25, 0.3) is 10.7 Å². The van der Waals surface area contributed by atoms with E-state index in [0.717, 1.165) is 23.8 Å². The number of thiophene rings is 1. The molecule has 3 heterocycles. The summed E-state index contributed by atoms with van der Waals surface area (Å²) >= 11 is 3.02. The van der Waals surface area contributed by atoms with Crippen LogP contribution in [0.5, 0.6) is 0 Å². The SMILES string of the molecule is C[C@@H]1C[C@@H](C)CN(C(=O)CSc2n[nH]c(-c3cccs3)n2)C1. The summed E-state index contributed by atoms with van der Waals surface area (Å²) in [5.74, 6) is 2.54. The van der Waals surface area contributed by atoms with Crippen LogP contribution in [0.2, 0.25) is 0 Å². The van der Waals surface area contributed by atoms with E-state index in [4.69, 9.17) is 0 Å². The van der Waals surface area contributed by atoms with Gasteiger partial charge in [0.15, 0.2) is 5.82 Å². The molecule has 0 unspecified atom stereocenters. The van der Waals surface area contributed by atoms with E-state index in [1.807, 2.05) is 22.4 Å². The Bertz CT molecular complexity index is 615. The minimum absolute atomic E-state index is 0.186. The highest BCUT2D eigenvalue weighted by Gasteiger charge is 2.25. The molecule has 0 spiro atoms. The van der Waals surface area contributed by atoms with Crippen LogP contribution < -0.4 is 0 Å². The van der Waals surface area contributed by atoms with Crippen LogP contribution in [0.1, 0.15) is 20.3 Å². The molecule has 1 saturated heterocycles. The second-order valence-corrected chi connectivity index (χ2v) is 7.87. The van der Waals surface area contributed by atoms with Crippen LogP contribution in [-0.4, -0.2) is 44.8 Å². The fourth-order valence-corrected chi connectivity index (χ4v) is 4.28. The third-order valence-electron chi connectivity index (χ3n) is 3.77. The molecule has 0 aromatic carbocycles. The Morgan fingerprint density at radius 2 is 2.23 bits per heavy atom. The molecule has 0 aliphatic carbocycles. The third-order valence-corrected chi connectivity index (χ3v) is 5.47. The lowest BCUT2D eigenvalue weighted by Crippen LogP contribution is -2.43. The lowest BCUT2D eigenvalue weighted by molar-refractivity contribution is -0.130. The number of likely N-dealkylation sites (tertiary alicyclic amines) is 1. The zero-order valence-corrected chi connectivity index (χ0v) is 14.4. The Morgan fingerprint density at radius 1 is 1.45 bits per heavy atom. The number of H-pyrrole nitrogens is 1. The van der Waals surface area contributed by atoms with E-state index in [-0.39, 0.29) is 5.91 Å². The number of aromatic nitrogens is 3. The zero-order valence-electron chi connectivity index (χ0n) is 12.8. The van der Waals surface area contributed by atoms with Crippen molar-refractivity contribution < 1.29 is 4.79 Å². The van der Waals surface area contributed by atoms with E-state index in [1.165, 1.54) is 18.2 Å². The fourth-order valence-electron chi connectivity index (χ4n) is 2.92. The van der Waals surface area contributed by atoms with Gasteiger partial charge in [-0.15, -0.1) is 16.4 Å². The quantitative estimate of drug-likeness (QED) is 0.871. The number of nitrogens with one attached hydrogen (secondary N) is 1. The summed E-state index contributed by atoms with van der Waals surface area (Å²) in [5, 5.41) is 9.75. The molecule has 1 fully saturated rings. The standard InChI is InChI=1S/C15H20N4OS2/c1-10-6-11(2)8-19(7-10)13(20)9-22-15-16-14(17-18-15)12-4-3-5-21-12/h3-5,10-11H,6-9H2,1-2H3,(H,16,17,18)/t10-,11-/m1/s1. The molecule has 2 aromatic heterocycles. The van der Waals surface area contributed by atoms with Crippen molar-refractivity contribution in [1.82, 2.24) is 20.1 Å². The predicted octanol–water partition coefficient (Wildman–Crippen LogP) is 3.13. The van der Waals surface area contributed by atoms with Gasteiger partial charge in [-0.3, -0.25) is 9.89 Å². The highest BCUT2D eigenvalue weighted by Crippen LogP contribution is 2.25. The van der Waals surface area contributed by atoms with Crippen LogP contribution in [-0.2, 0) is 4.79 Å². The molecule has 0 bridgehead atoms. The van der Waals surface area contributed by atoms with Crippen molar-refractivity contribution in [2.45, 2.75) is 25.4 Å². The Kier molecular flexibility index (Phi) is 4.83. The highest BCUT2D eigenvalue weighted by molar-refractivity contribution is 7.99. The van der Waals surface area contributed by atoms with Crippen molar-refractivity contribution >= 4 is 29.0 Å². The molecule has 1 N–H and O–H groups in total. The van der Waals surface area contributed by atoms with Gasteiger partial charge < -0.3 is 4.90 Å². The molecule has 118 valence electrons. The molecule has 0 saturated carbocycles. The van der Waals surface area contributed by atoms with E-state index in [0.29, 0.717) is 22.7 Å². The molecule has 7 heteroatoms. The van der Waals surface area contributed by atoms with E-state index in [2.05, 4.69) is 29.0 Å². The molecule has 3 rings (SSSR count). The van der Waals surface area contributed by atoms with Crippen LogP contribution >= 0.6 is 23.1 Å². The first-order valence-electron chi connectivity index (χ1n) is 7.48. The molecule has 2 aromatic rings. The molecular formula is C15H20N4OS2. The maximum atomic E-state index is 12.3.